The van der Waals surface area contributed by atoms with Crippen LogP contribution in [0.15, 0.2) is 16.1 Å². The van der Waals surface area contributed by atoms with Crippen LogP contribution in [-0.4, -0.2) is 39.0 Å². The third kappa shape index (κ3) is 2.41. The number of piperidine rings is 1. The molecule has 2 aromatic rings. The highest BCUT2D eigenvalue weighted by Crippen LogP contribution is 2.20. The summed E-state index contributed by atoms with van der Waals surface area (Å²) in [4.78, 5) is 18.9. The van der Waals surface area contributed by atoms with Crippen LogP contribution in [-0.2, 0) is 0 Å². The van der Waals surface area contributed by atoms with E-state index in [0.29, 0.717) is 22.1 Å². The lowest BCUT2D eigenvalue weighted by atomic mass is 10.0. The van der Waals surface area contributed by atoms with Gasteiger partial charge in [0.05, 0.1) is 6.20 Å². The summed E-state index contributed by atoms with van der Waals surface area (Å²) < 4.78 is 0. The quantitative estimate of drug-likeness (QED) is 0.563. The molecule has 1 atom stereocenters. The fourth-order valence-corrected chi connectivity index (χ4v) is 3.15. The lowest BCUT2D eigenvalue weighted by Gasteiger charge is -2.21. The molecule has 0 saturated carbocycles. The molecule has 1 aliphatic rings. The van der Waals surface area contributed by atoms with Crippen LogP contribution in [0.5, 0.6) is 0 Å². The van der Waals surface area contributed by atoms with Gasteiger partial charge in [-0.15, -0.1) is 0 Å². The number of hydrogen-bond donors (Lipinski definition) is 3. The summed E-state index contributed by atoms with van der Waals surface area (Å²) >= 11 is 1.60. The normalized spacial score (nSPS) is 20.3. The van der Waals surface area contributed by atoms with Crippen molar-refractivity contribution < 1.29 is 0 Å². The average Bonchev–Trinajstić information content (AvgIpc) is 2.86. The number of rotatable bonds is 3. The molecule has 0 aromatic carbocycles. The minimum atomic E-state index is -0.127. The van der Waals surface area contributed by atoms with Gasteiger partial charge in [0.25, 0.3) is 5.56 Å². The maximum absolute atomic E-state index is 11.7. The highest BCUT2D eigenvalue weighted by Gasteiger charge is 2.14. The van der Waals surface area contributed by atoms with Crippen LogP contribution in [0, 0.1) is 5.92 Å². The van der Waals surface area contributed by atoms with Crippen molar-refractivity contribution in [1.82, 2.24) is 25.5 Å². The summed E-state index contributed by atoms with van der Waals surface area (Å²) in [7, 11) is 0. The fourth-order valence-electron chi connectivity index (χ4n) is 2.16. The van der Waals surface area contributed by atoms with E-state index in [1.807, 2.05) is 0 Å². The van der Waals surface area contributed by atoms with Crippen LogP contribution in [0.2, 0.25) is 0 Å². The molecule has 0 amide bonds. The van der Waals surface area contributed by atoms with E-state index in [1.54, 1.807) is 11.8 Å². The van der Waals surface area contributed by atoms with Gasteiger partial charge in [0.1, 0.15) is 5.39 Å². The molecule has 18 heavy (non-hydrogen) atoms. The fraction of sp³-hybridized carbons (Fsp3) is 0.545. The van der Waals surface area contributed by atoms with E-state index in [2.05, 4.69) is 25.5 Å². The number of hydrogen-bond acceptors (Lipinski definition) is 5. The number of aromatic amines is 2. The van der Waals surface area contributed by atoms with Gasteiger partial charge < -0.3 is 10.3 Å². The SMILES string of the molecule is O=c1[nH]c(SCC2CCCNC2)nc2[nH]ncc12. The van der Waals surface area contributed by atoms with E-state index in [0.717, 1.165) is 18.8 Å². The summed E-state index contributed by atoms with van der Waals surface area (Å²) in [6.45, 7) is 2.18. The van der Waals surface area contributed by atoms with Gasteiger partial charge in [0.15, 0.2) is 10.8 Å². The number of thioether (sulfide) groups is 1. The van der Waals surface area contributed by atoms with E-state index in [1.165, 1.54) is 19.0 Å². The summed E-state index contributed by atoms with van der Waals surface area (Å²) in [5.74, 6) is 1.64. The van der Waals surface area contributed by atoms with Crippen LogP contribution in [0.4, 0.5) is 0 Å². The minimum Gasteiger partial charge on any atom is -0.316 e. The summed E-state index contributed by atoms with van der Waals surface area (Å²) in [6.07, 6.45) is 3.98. The molecule has 6 nitrogen and oxygen atoms in total. The topological polar surface area (TPSA) is 86.5 Å². The Labute approximate surface area is 108 Å². The van der Waals surface area contributed by atoms with Gasteiger partial charge >= 0.3 is 0 Å². The van der Waals surface area contributed by atoms with Crippen molar-refractivity contribution in [3.8, 4) is 0 Å². The van der Waals surface area contributed by atoms with Gasteiger partial charge in [0.2, 0.25) is 0 Å². The Bertz CT molecular complexity index is 586. The van der Waals surface area contributed by atoms with Crippen molar-refractivity contribution >= 4 is 22.8 Å². The number of fused-ring (bicyclic) bond motifs is 1. The number of aromatic nitrogens is 4. The molecule has 3 N–H and O–H groups in total. The Morgan fingerprint density at radius 2 is 2.44 bits per heavy atom. The zero-order valence-corrected chi connectivity index (χ0v) is 10.7. The molecule has 0 bridgehead atoms. The number of H-pyrrole nitrogens is 2. The largest absolute Gasteiger partial charge is 0.316 e. The molecule has 0 aliphatic carbocycles. The molecule has 3 rings (SSSR count). The summed E-state index contributed by atoms with van der Waals surface area (Å²) in [5, 5.41) is 11.1. The van der Waals surface area contributed by atoms with Gasteiger partial charge in [0, 0.05) is 5.75 Å². The van der Waals surface area contributed by atoms with Gasteiger partial charge in [-0.05, 0) is 31.8 Å². The van der Waals surface area contributed by atoms with Gasteiger partial charge in [-0.25, -0.2) is 4.98 Å². The van der Waals surface area contributed by atoms with Crippen molar-refractivity contribution in [2.75, 3.05) is 18.8 Å². The van der Waals surface area contributed by atoms with Crippen LogP contribution in [0.25, 0.3) is 11.0 Å². The zero-order chi connectivity index (χ0) is 12.4. The molecule has 1 aliphatic heterocycles. The van der Waals surface area contributed by atoms with Crippen LogP contribution in [0.1, 0.15) is 12.8 Å². The Hall–Kier alpha value is -1.34. The Morgan fingerprint density at radius 1 is 1.50 bits per heavy atom. The lowest BCUT2D eigenvalue weighted by molar-refractivity contribution is 0.410. The highest BCUT2D eigenvalue weighted by atomic mass is 32.2. The molecule has 7 heteroatoms. The van der Waals surface area contributed by atoms with Crippen LogP contribution >= 0.6 is 11.8 Å². The third-order valence-corrected chi connectivity index (χ3v) is 4.26. The minimum absolute atomic E-state index is 0.127. The zero-order valence-electron chi connectivity index (χ0n) is 9.90. The van der Waals surface area contributed by atoms with Crippen molar-refractivity contribution in [2.24, 2.45) is 5.92 Å². The molecule has 1 saturated heterocycles. The number of nitrogens with zero attached hydrogens (tertiary/aromatic N) is 2. The molecule has 0 spiro atoms. The third-order valence-electron chi connectivity index (χ3n) is 3.15. The van der Waals surface area contributed by atoms with E-state index >= 15 is 0 Å². The van der Waals surface area contributed by atoms with E-state index in [4.69, 9.17) is 0 Å². The second-order valence-electron chi connectivity index (χ2n) is 4.53. The predicted molar refractivity (Wildman–Crippen MR) is 70.8 cm³/mol. The Balaban J connectivity index is 1.72. The first-order valence-corrected chi connectivity index (χ1v) is 7.08. The molecule has 1 unspecified atom stereocenters. The molecule has 2 aromatic heterocycles. The second-order valence-corrected chi connectivity index (χ2v) is 5.54. The number of nitrogens with one attached hydrogen (secondary N) is 3. The van der Waals surface area contributed by atoms with Crippen LogP contribution in [0.3, 0.4) is 0 Å². The van der Waals surface area contributed by atoms with Crippen molar-refractivity contribution in [1.29, 1.82) is 0 Å². The standard InChI is InChI=1S/C11H15N5OS/c17-10-8-5-13-16-9(8)14-11(15-10)18-6-7-2-1-3-12-4-7/h5,7,12H,1-4,6H2,(H2,13,14,15,16,17). The average molecular weight is 265 g/mol. The summed E-state index contributed by atoms with van der Waals surface area (Å²) in [6, 6.07) is 0. The molecule has 1 fully saturated rings. The first kappa shape index (κ1) is 11.7. The van der Waals surface area contributed by atoms with Crippen molar-refractivity contribution in [3.63, 3.8) is 0 Å². The lowest BCUT2D eigenvalue weighted by Crippen LogP contribution is -2.31. The maximum atomic E-state index is 11.7. The summed E-state index contributed by atoms with van der Waals surface area (Å²) in [5.41, 5.74) is 0.432. The maximum Gasteiger partial charge on any atom is 0.262 e. The molecule has 0 radical (unpaired) electrons. The molecular weight excluding hydrogens is 250 g/mol. The predicted octanol–water partition coefficient (Wildman–Crippen LogP) is 0.738. The second kappa shape index (κ2) is 5.11. The Kier molecular flexibility index (Phi) is 3.33. The Morgan fingerprint density at radius 3 is 3.28 bits per heavy atom. The monoisotopic (exact) mass is 265 g/mol. The van der Waals surface area contributed by atoms with Gasteiger partial charge in [-0.3, -0.25) is 9.89 Å². The van der Waals surface area contributed by atoms with E-state index < -0.39 is 0 Å². The van der Waals surface area contributed by atoms with E-state index in [-0.39, 0.29) is 5.56 Å². The molecule has 3 heterocycles. The van der Waals surface area contributed by atoms with E-state index in [9.17, 15) is 4.79 Å². The van der Waals surface area contributed by atoms with Crippen molar-refractivity contribution in [3.05, 3.63) is 16.6 Å². The van der Waals surface area contributed by atoms with Gasteiger partial charge in [-0.2, -0.15) is 5.10 Å². The first-order chi connectivity index (χ1) is 8.83. The van der Waals surface area contributed by atoms with Crippen molar-refractivity contribution in [2.45, 2.75) is 18.0 Å². The molecular formula is C11H15N5OS. The van der Waals surface area contributed by atoms with Crippen LogP contribution < -0.4 is 10.9 Å². The highest BCUT2D eigenvalue weighted by molar-refractivity contribution is 7.99. The molecule has 96 valence electrons. The first-order valence-electron chi connectivity index (χ1n) is 6.10. The van der Waals surface area contributed by atoms with Gasteiger partial charge in [-0.1, -0.05) is 11.8 Å². The smallest absolute Gasteiger partial charge is 0.262 e.